The number of ether oxygens (including phenoxy) is 4. The van der Waals surface area contributed by atoms with E-state index in [9.17, 15) is 13.2 Å². The van der Waals surface area contributed by atoms with Gasteiger partial charge in [0.2, 0.25) is 11.8 Å². The third-order valence-electron chi connectivity index (χ3n) is 13.2. The van der Waals surface area contributed by atoms with Crippen molar-refractivity contribution in [1.82, 2.24) is 39.9 Å². The Balaban J connectivity index is 0.000000151. The van der Waals surface area contributed by atoms with Gasteiger partial charge in [-0.05, 0) is 65.8 Å². The highest BCUT2D eigenvalue weighted by atomic mass is 35.5. The van der Waals surface area contributed by atoms with Gasteiger partial charge in [0, 0.05) is 77.9 Å². The minimum atomic E-state index is -0.718. The highest BCUT2D eigenvalue weighted by Crippen LogP contribution is 2.40. The molecular weight excluding hydrogens is 1060 g/mol. The second-order valence-corrected chi connectivity index (χ2v) is 18.7. The van der Waals surface area contributed by atoms with Gasteiger partial charge >= 0.3 is 11.6 Å². The van der Waals surface area contributed by atoms with Crippen molar-refractivity contribution in [1.29, 1.82) is 0 Å². The van der Waals surface area contributed by atoms with Crippen LogP contribution in [-0.4, -0.2) is 115 Å². The molecule has 2 aliphatic heterocycles. The Morgan fingerprint density at radius 3 is 1.59 bits per heavy atom. The molecule has 10 heterocycles. The van der Waals surface area contributed by atoms with Gasteiger partial charge in [0.1, 0.15) is 62.0 Å². The van der Waals surface area contributed by atoms with E-state index < -0.39 is 23.3 Å². The van der Waals surface area contributed by atoms with E-state index in [0.29, 0.717) is 102 Å². The first kappa shape index (κ1) is 55.0. The maximum Gasteiger partial charge on any atom is 0.324 e. The summed E-state index contributed by atoms with van der Waals surface area (Å²) in [5, 5.41) is 3.99. The number of nitrogens with two attached hydrogens (primary N) is 1. The lowest BCUT2D eigenvalue weighted by Crippen LogP contribution is -2.23. The number of benzene rings is 2. The van der Waals surface area contributed by atoms with Gasteiger partial charge in [-0.3, -0.25) is 9.97 Å². The molecule has 0 radical (unpaired) electrons. The molecule has 21 heteroatoms. The maximum atomic E-state index is 15.4. The first-order valence-corrected chi connectivity index (χ1v) is 25.7. The quantitative estimate of drug-likeness (QED) is 0.0974. The van der Waals surface area contributed by atoms with Crippen molar-refractivity contribution in [2.24, 2.45) is 0 Å². The molecular formula is C60H51ClF4N12O4+2. The van der Waals surface area contributed by atoms with Crippen molar-refractivity contribution >= 4 is 74.5 Å². The number of aromatic nitrogens is 8. The predicted octanol–water partition coefficient (Wildman–Crippen LogP) is 11.9. The van der Waals surface area contributed by atoms with Crippen LogP contribution in [0.1, 0.15) is 11.1 Å². The monoisotopic (exact) mass is 1110 g/mol. The number of anilines is 3. The Hall–Kier alpha value is -9.37. The molecule has 0 saturated carbocycles. The topological polar surface area (TPSA) is 184 Å². The smallest absolute Gasteiger partial charge is 0.324 e. The zero-order valence-corrected chi connectivity index (χ0v) is 44.9. The Labute approximate surface area is 467 Å². The molecule has 3 N–H and O–H groups in total. The summed E-state index contributed by atoms with van der Waals surface area (Å²) in [4.78, 5) is 35.3. The van der Waals surface area contributed by atoms with E-state index in [2.05, 4.69) is 44.8 Å². The van der Waals surface area contributed by atoms with Gasteiger partial charge in [-0.2, -0.15) is 0 Å². The maximum absolute atomic E-state index is 15.4. The number of methoxy groups -OCH3 is 2. The molecule has 0 fully saturated rings. The molecule has 12 rings (SSSR count). The third kappa shape index (κ3) is 12.3. The normalized spacial score (nSPS) is 13.0. The van der Waals surface area contributed by atoms with E-state index in [0.717, 1.165) is 52.8 Å². The Morgan fingerprint density at radius 2 is 1.10 bits per heavy atom. The summed E-state index contributed by atoms with van der Waals surface area (Å²) < 4.78 is 82.0. The van der Waals surface area contributed by atoms with Gasteiger partial charge in [0.05, 0.1) is 130 Å². The van der Waals surface area contributed by atoms with Crippen molar-refractivity contribution in [3.8, 4) is 56.8 Å². The SMILES string of the molecule is COc1ccc(-c2cnc([N+]3=CCOCC3)cc2N)cn1.COc1ccc(-c2cnc([N+]3=CCOCC3)cc2Nc2c(C)c(-c3ccccn3)nc3cc(F)cc(F)c23)cn1.Cc1c(-c2ccccn2)nc2cc(F)cc(F)c2c1Cl. The molecule has 10 aromatic rings. The molecule has 0 aliphatic carbocycles. The molecule has 8 aromatic heterocycles. The van der Waals surface area contributed by atoms with E-state index in [1.165, 1.54) is 6.07 Å². The third-order valence-corrected chi connectivity index (χ3v) is 13.7. The first-order chi connectivity index (χ1) is 39.4. The average molecular weight is 1120 g/mol. The second kappa shape index (κ2) is 24.7. The zero-order valence-electron chi connectivity index (χ0n) is 44.2. The van der Waals surface area contributed by atoms with Crippen LogP contribution in [0.15, 0.2) is 134 Å². The molecule has 0 spiro atoms. The average Bonchev–Trinajstić information content (AvgIpc) is 3.50. The van der Waals surface area contributed by atoms with Crippen LogP contribution >= 0.6 is 11.6 Å². The minimum Gasteiger partial charge on any atom is -0.481 e. The van der Waals surface area contributed by atoms with E-state index >= 15 is 4.39 Å². The molecule has 16 nitrogen and oxygen atoms in total. The number of rotatable bonds is 10. The number of hydrogen-bond acceptors (Lipinski definition) is 14. The molecule has 0 unspecified atom stereocenters. The summed E-state index contributed by atoms with van der Waals surface area (Å²) in [6, 6.07) is 26.0. The molecule has 408 valence electrons. The summed E-state index contributed by atoms with van der Waals surface area (Å²) in [5.41, 5.74) is 15.1. The van der Waals surface area contributed by atoms with E-state index in [1.54, 1.807) is 88.7 Å². The number of hydrogen-bond donors (Lipinski definition) is 2. The number of nitrogen functional groups attached to an aromatic ring is 1. The summed E-state index contributed by atoms with van der Waals surface area (Å²) in [6.45, 7) is 7.36. The first-order valence-electron chi connectivity index (χ1n) is 25.3. The number of fused-ring (bicyclic) bond motifs is 2. The van der Waals surface area contributed by atoms with Crippen LogP contribution in [0.5, 0.6) is 11.8 Å². The highest BCUT2D eigenvalue weighted by molar-refractivity contribution is 6.36. The molecule has 2 aliphatic rings. The van der Waals surface area contributed by atoms with Gasteiger partial charge in [0.25, 0.3) is 0 Å². The summed E-state index contributed by atoms with van der Waals surface area (Å²) in [5.74, 6) is -0.245. The van der Waals surface area contributed by atoms with Gasteiger partial charge in [0.15, 0.2) is 0 Å². The fourth-order valence-corrected chi connectivity index (χ4v) is 9.33. The van der Waals surface area contributed by atoms with Crippen molar-refractivity contribution in [2.75, 3.05) is 64.8 Å². The lowest BCUT2D eigenvalue weighted by atomic mass is 10.0. The van der Waals surface area contributed by atoms with Gasteiger partial charge in [-0.15, -0.1) is 0 Å². The van der Waals surface area contributed by atoms with Gasteiger partial charge in [-0.1, -0.05) is 23.7 Å². The van der Waals surface area contributed by atoms with Gasteiger partial charge < -0.3 is 30.0 Å². The van der Waals surface area contributed by atoms with Crippen LogP contribution in [-0.2, 0) is 9.47 Å². The molecule has 0 atom stereocenters. The predicted molar refractivity (Wildman–Crippen MR) is 303 cm³/mol. The number of pyridine rings is 8. The second-order valence-electron chi connectivity index (χ2n) is 18.3. The van der Waals surface area contributed by atoms with Crippen LogP contribution in [0.2, 0.25) is 5.02 Å². The number of halogens is 5. The Bertz CT molecular complexity index is 4000. The van der Waals surface area contributed by atoms with Crippen LogP contribution < -0.4 is 20.5 Å². The van der Waals surface area contributed by atoms with Crippen molar-refractivity contribution in [2.45, 2.75) is 13.8 Å². The highest BCUT2D eigenvalue weighted by Gasteiger charge is 2.24. The minimum absolute atomic E-state index is 0.130. The largest absolute Gasteiger partial charge is 0.481 e. The van der Waals surface area contributed by atoms with Crippen molar-refractivity contribution in [3.05, 3.63) is 174 Å². The van der Waals surface area contributed by atoms with E-state index in [4.69, 9.17) is 41.3 Å². The Morgan fingerprint density at radius 1 is 0.580 bits per heavy atom. The summed E-state index contributed by atoms with van der Waals surface area (Å²) >= 11 is 6.21. The fraction of sp³-hybridized carbons (Fsp3) is 0.167. The van der Waals surface area contributed by atoms with Gasteiger partial charge in [-0.25, -0.2) is 46.6 Å². The fourth-order valence-electron chi connectivity index (χ4n) is 9.05. The van der Waals surface area contributed by atoms with Crippen molar-refractivity contribution in [3.63, 3.8) is 0 Å². The number of nitrogens with zero attached hydrogens (tertiary/aromatic N) is 10. The molecule has 81 heavy (non-hydrogen) atoms. The lowest BCUT2D eigenvalue weighted by molar-refractivity contribution is -0.454. The lowest BCUT2D eigenvalue weighted by Gasteiger charge is -2.19. The number of nitrogens with one attached hydrogen (secondary N) is 1. The summed E-state index contributed by atoms with van der Waals surface area (Å²) in [7, 11) is 3.14. The molecule has 0 saturated heterocycles. The van der Waals surface area contributed by atoms with E-state index in [-0.39, 0.29) is 26.8 Å². The Kier molecular flexibility index (Phi) is 16.8. The summed E-state index contributed by atoms with van der Waals surface area (Å²) in [6.07, 6.45) is 14.1. The van der Waals surface area contributed by atoms with Crippen LogP contribution in [0.25, 0.3) is 66.8 Å². The van der Waals surface area contributed by atoms with E-state index in [1.807, 2.05) is 66.4 Å². The molecule has 2 aromatic carbocycles. The zero-order chi connectivity index (χ0) is 56.6. The van der Waals surface area contributed by atoms with Crippen LogP contribution in [0.4, 0.5) is 46.3 Å². The van der Waals surface area contributed by atoms with Crippen LogP contribution in [0, 0.1) is 37.1 Å². The molecule has 0 bridgehead atoms. The van der Waals surface area contributed by atoms with Crippen LogP contribution in [0.3, 0.4) is 0 Å². The van der Waals surface area contributed by atoms with Crippen molar-refractivity contribution < 1.29 is 45.7 Å². The molecule has 0 amide bonds. The standard InChI is InChI=1S/C30H25F2N6O2.C15H9ClF2N2.C15H17N4O2/c1-18-29(23-5-3-4-8-33-23)37-25-14-20(31)13-22(32)28(25)30(18)36-24-15-26(38-9-11-40-12-10-38)34-17-21(24)19-6-7-27(39-2)35-16-19;1-8-14(16)13-10(18)6-9(17)7-12(13)20-15(8)11-4-2-3-5-19-11;1-20-15-3-2-11(9-18-15)12-10-17-14(8-13(12)16)19-4-6-21-7-5-19/h3-9,13-17H,10-12H2,1-2H3,(H,34,36,37);2-7H,1H3;2-4,8-10H,5-7H2,1H3,(H2,16,17)/q+1;;+1.